The van der Waals surface area contributed by atoms with Gasteiger partial charge in [0, 0.05) is 85.5 Å². The number of carboxylic acid groups (broad SMARTS) is 2. The van der Waals surface area contributed by atoms with E-state index in [1.54, 1.807) is 48.8 Å². The van der Waals surface area contributed by atoms with Crippen LogP contribution in [0.1, 0.15) is 109 Å². The molecule has 0 spiro atoms. The number of pyridine rings is 2. The smallest absolute Gasteiger partial charge is 0.321 e. The second-order valence-electron chi connectivity index (χ2n) is 20.5. The lowest BCUT2D eigenvalue weighted by molar-refractivity contribution is -0.145. The number of aliphatic hydroxyl groups is 2. The van der Waals surface area contributed by atoms with Crippen molar-refractivity contribution in [3.8, 4) is 46.3 Å². The normalized spacial score (nSPS) is 12.1. The Morgan fingerprint density at radius 2 is 0.938 bits per heavy atom. The Morgan fingerprint density at radius 1 is 0.550 bits per heavy atom. The van der Waals surface area contributed by atoms with Crippen molar-refractivity contribution in [3.05, 3.63) is 163 Å². The van der Waals surface area contributed by atoms with Gasteiger partial charge in [-0.05, 0) is 122 Å². The van der Waals surface area contributed by atoms with Crippen molar-refractivity contribution in [1.82, 2.24) is 19.8 Å². The van der Waals surface area contributed by atoms with Gasteiger partial charge in [-0.1, -0.05) is 87.3 Å². The Morgan fingerprint density at radius 3 is 1.29 bits per heavy atom. The summed E-state index contributed by atoms with van der Waals surface area (Å²) >= 11 is 14.0. The van der Waals surface area contributed by atoms with E-state index in [2.05, 4.69) is 49.8 Å². The lowest BCUT2D eigenvalue weighted by atomic mass is 9.92. The molecule has 4 aromatic carbocycles. The third-order valence-corrected chi connectivity index (χ3v) is 14.4. The highest BCUT2D eigenvalue weighted by molar-refractivity contribution is 6.32. The predicted molar refractivity (Wildman–Crippen MR) is 305 cm³/mol. The number of aromatic nitrogens is 2. The molecule has 0 saturated carbocycles. The molecule has 2 unspecified atom stereocenters. The van der Waals surface area contributed by atoms with Crippen molar-refractivity contribution < 1.29 is 49.0 Å². The number of aliphatic hydroxyl groups excluding tert-OH is 2. The molecule has 16 nitrogen and oxygen atoms in total. The van der Waals surface area contributed by atoms with Crippen LogP contribution in [0.2, 0.25) is 10.0 Å². The molecule has 0 amide bonds. The number of halogens is 2. The zero-order valence-electron chi connectivity index (χ0n) is 46.1. The summed E-state index contributed by atoms with van der Waals surface area (Å²) in [5, 5.41) is 59.7. The zero-order chi connectivity index (χ0) is 57.9. The van der Waals surface area contributed by atoms with Crippen LogP contribution in [0.25, 0.3) is 11.1 Å². The summed E-state index contributed by atoms with van der Waals surface area (Å²) in [7, 11) is 0. The van der Waals surface area contributed by atoms with Crippen molar-refractivity contribution in [3.63, 3.8) is 0 Å². The lowest BCUT2D eigenvalue weighted by Crippen LogP contribution is -2.42. The molecule has 0 bridgehead atoms. The topological polar surface area (TPSA) is 232 Å². The number of hydrogen-bond acceptors (Lipinski definition) is 14. The van der Waals surface area contributed by atoms with Crippen molar-refractivity contribution in [2.24, 2.45) is 11.8 Å². The molecule has 2 heterocycles. The van der Waals surface area contributed by atoms with Gasteiger partial charge in [0.15, 0.2) is 0 Å². The second-order valence-corrected chi connectivity index (χ2v) is 21.4. The molecule has 18 heteroatoms. The van der Waals surface area contributed by atoms with Gasteiger partial charge < -0.3 is 39.4 Å². The van der Waals surface area contributed by atoms with E-state index in [1.807, 2.05) is 60.0 Å². The second kappa shape index (κ2) is 30.3. The molecule has 80 heavy (non-hydrogen) atoms. The number of nitrogens with zero attached hydrogens (tertiary/aromatic N) is 6. The Bertz CT molecular complexity index is 2950. The average molecular weight is 1130 g/mol. The molecular weight excluding hydrogens is 1060 g/mol. The largest absolute Gasteiger partial charge is 0.488 e. The number of carbonyl (C=O) groups is 2. The monoisotopic (exact) mass is 1130 g/mol. The van der Waals surface area contributed by atoms with Gasteiger partial charge in [0.1, 0.15) is 73.6 Å². The van der Waals surface area contributed by atoms with Gasteiger partial charge in [-0.2, -0.15) is 10.5 Å². The lowest BCUT2D eigenvalue weighted by Gasteiger charge is -2.30. The molecule has 0 aliphatic carbocycles. The molecular formula is C62H70Cl2N6O10. The number of hydrogen-bond donors (Lipinski definition) is 4. The summed E-state index contributed by atoms with van der Waals surface area (Å²) in [5.41, 5.74) is 8.95. The van der Waals surface area contributed by atoms with E-state index in [9.17, 15) is 40.5 Å². The molecule has 4 N–H and O–H groups in total. The number of ether oxygens (including phenoxy) is 4. The van der Waals surface area contributed by atoms with Crippen LogP contribution in [0.15, 0.2) is 97.6 Å². The molecule has 0 aliphatic rings. The summed E-state index contributed by atoms with van der Waals surface area (Å²) in [6.45, 7) is 13.3. The molecule has 2 atom stereocenters. The van der Waals surface area contributed by atoms with Crippen molar-refractivity contribution in [2.45, 2.75) is 119 Å². The number of aliphatic carboxylic acids is 2. The van der Waals surface area contributed by atoms with Crippen LogP contribution in [-0.4, -0.2) is 90.5 Å². The minimum Gasteiger partial charge on any atom is -0.488 e. The van der Waals surface area contributed by atoms with Crippen LogP contribution in [-0.2, 0) is 49.1 Å². The van der Waals surface area contributed by atoms with Gasteiger partial charge in [0.05, 0.1) is 21.2 Å². The van der Waals surface area contributed by atoms with Crippen molar-refractivity contribution in [1.29, 1.82) is 10.5 Å². The highest BCUT2D eigenvalue weighted by Gasteiger charge is 2.29. The molecule has 2 aromatic heterocycles. The fourth-order valence-corrected chi connectivity index (χ4v) is 9.67. The van der Waals surface area contributed by atoms with Crippen molar-refractivity contribution in [2.75, 3.05) is 26.3 Å². The fraction of sp³-hybridized carbons (Fsp3) is 0.387. The predicted octanol–water partition coefficient (Wildman–Crippen LogP) is 11.5. The maximum absolute atomic E-state index is 12.5. The quantitative estimate of drug-likeness (QED) is 0.0317. The molecule has 0 fully saturated rings. The minimum absolute atomic E-state index is 0.0370. The van der Waals surface area contributed by atoms with Gasteiger partial charge in [0.2, 0.25) is 0 Å². The first kappa shape index (κ1) is 61.9. The molecule has 0 radical (unpaired) electrons. The SMILES string of the molecule is Cc1c(COc2cc(OCc3cncc(C#N)c3)c(CN(CCC(C)C)C(CCO)C(=O)O)cc2Cl)cccc1-c1cccc(COc2cc(OCc3cncc(C#N)c3)c(CN(CCC(C)C)C(CCO)C(=O)O)cc2Cl)c1C. The molecule has 0 saturated heterocycles. The summed E-state index contributed by atoms with van der Waals surface area (Å²) < 4.78 is 25.8. The van der Waals surface area contributed by atoms with E-state index in [1.165, 1.54) is 12.4 Å². The number of nitriles is 2. The summed E-state index contributed by atoms with van der Waals surface area (Å²) in [4.78, 5) is 37.0. The maximum atomic E-state index is 12.5. The molecule has 0 aliphatic heterocycles. The summed E-state index contributed by atoms with van der Waals surface area (Å²) in [5.74, 6) is -0.00821. The first-order valence-electron chi connectivity index (χ1n) is 26.6. The fourth-order valence-electron chi connectivity index (χ4n) is 9.19. The Hall–Kier alpha value is -7.28. The third-order valence-electron chi connectivity index (χ3n) is 13.8. The molecule has 6 rings (SSSR count). The van der Waals surface area contributed by atoms with Gasteiger partial charge in [-0.3, -0.25) is 29.4 Å². The Balaban J connectivity index is 1.26. The number of carboxylic acids is 2. The van der Waals surface area contributed by atoms with Crippen LogP contribution < -0.4 is 18.9 Å². The average Bonchev–Trinajstić information content (AvgIpc) is 3.43. The van der Waals surface area contributed by atoms with E-state index in [0.29, 0.717) is 91.3 Å². The Kier molecular flexibility index (Phi) is 23.5. The van der Waals surface area contributed by atoms with Crippen LogP contribution in [0.4, 0.5) is 0 Å². The van der Waals surface area contributed by atoms with E-state index < -0.39 is 24.0 Å². The van der Waals surface area contributed by atoms with Crippen LogP contribution in [0, 0.1) is 48.3 Å². The third kappa shape index (κ3) is 17.4. The molecule has 6 aromatic rings. The van der Waals surface area contributed by atoms with E-state index >= 15 is 0 Å². The molecule has 422 valence electrons. The van der Waals surface area contributed by atoms with E-state index in [0.717, 1.165) is 46.2 Å². The highest BCUT2D eigenvalue weighted by atomic mass is 35.5. The Labute approximate surface area is 478 Å². The number of benzene rings is 4. The first-order valence-corrected chi connectivity index (χ1v) is 27.4. The van der Waals surface area contributed by atoms with E-state index in [-0.39, 0.29) is 65.6 Å². The van der Waals surface area contributed by atoms with Crippen LogP contribution >= 0.6 is 23.2 Å². The minimum atomic E-state index is -1.04. The van der Waals surface area contributed by atoms with E-state index in [4.69, 9.17) is 42.1 Å². The van der Waals surface area contributed by atoms with Gasteiger partial charge in [-0.15, -0.1) is 0 Å². The first-order chi connectivity index (χ1) is 38.4. The highest BCUT2D eigenvalue weighted by Crippen LogP contribution is 2.39. The number of rotatable bonds is 31. The van der Waals surface area contributed by atoms with Gasteiger partial charge in [0.25, 0.3) is 0 Å². The van der Waals surface area contributed by atoms with Crippen LogP contribution in [0.3, 0.4) is 0 Å². The zero-order valence-corrected chi connectivity index (χ0v) is 47.6. The standard InChI is InChI=1S/C62H70Cl2N6O10/c1-39(2)13-17-69(55(15-19-71)61(73)74)33-49-23-53(63)59(25-57(49)77-35-45-21-43(27-65)29-67-31-45)79-37-47-9-7-11-51(41(47)5)52-12-8-10-48(42(52)6)38-80-60-26-58(78-36-46-22-44(28-66)30-68-32-46)50(24-54(60)64)34-70(18-14-40(3)4)56(16-20-72)62(75)76/h7-12,21-26,29-32,39-40,55-56,71-72H,13-20,33-38H2,1-6H3,(H,73,74)(H,75,76). The van der Waals surface area contributed by atoms with Gasteiger partial charge in [-0.25, -0.2) is 0 Å². The van der Waals surface area contributed by atoms with Crippen LogP contribution in [0.5, 0.6) is 23.0 Å². The van der Waals surface area contributed by atoms with Crippen molar-refractivity contribution >= 4 is 35.1 Å². The summed E-state index contributed by atoms with van der Waals surface area (Å²) in [6, 6.07) is 24.5. The van der Waals surface area contributed by atoms with Gasteiger partial charge >= 0.3 is 11.9 Å². The maximum Gasteiger partial charge on any atom is 0.321 e. The summed E-state index contributed by atoms with van der Waals surface area (Å²) in [6.07, 6.45) is 7.66.